The maximum atomic E-state index is 13.7. The third-order valence-corrected chi connectivity index (χ3v) is 5.90. The predicted molar refractivity (Wildman–Crippen MR) is 95.9 cm³/mol. The number of benzene rings is 2. The molecule has 1 amide bonds. The van der Waals surface area contributed by atoms with E-state index in [2.05, 4.69) is 5.32 Å². The summed E-state index contributed by atoms with van der Waals surface area (Å²) in [7, 11) is -3.69. The van der Waals surface area contributed by atoms with E-state index in [1.165, 1.54) is 40.7 Å². The van der Waals surface area contributed by atoms with E-state index in [1.807, 2.05) is 0 Å². The van der Waals surface area contributed by atoms with Crippen LogP contribution in [-0.4, -0.2) is 31.7 Å². The largest absolute Gasteiger partial charge is 0.319 e. The molecule has 5 nitrogen and oxygen atoms in total. The number of carbonyl (C=O) groups excluding carboxylic acids is 1. The van der Waals surface area contributed by atoms with Crippen molar-refractivity contribution >= 4 is 33.2 Å². The Morgan fingerprint density at radius 3 is 2.48 bits per heavy atom. The lowest BCUT2D eigenvalue weighted by Gasteiger charge is -2.18. The zero-order chi connectivity index (χ0) is 18.6. The standard InChI is InChI=1S/C17H18ClFN2O3S/c1-3-21(4-2)25(23,24)14-7-5-6-12(10-14)17(22)20-16-11-13(18)8-9-15(16)19/h5-11H,3-4H2,1-2H3,(H,20,22). The topological polar surface area (TPSA) is 66.5 Å². The van der Waals surface area contributed by atoms with Crippen molar-refractivity contribution in [2.24, 2.45) is 0 Å². The van der Waals surface area contributed by atoms with Gasteiger partial charge in [-0.2, -0.15) is 4.31 Å². The lowest BCUT2D eigenvalue weighted by Crippen LogP contribution is -2.30. The molecular formula is C17H18ClFN2O3S. The van der Waals surface area contributed by atoms with E-state index in [0.29, 0.717) is 13.1 Å². The number of anilines is 1. The summed E-state index contributed by atoms with van der Waals surface area (Å²) in [6.07, 6.45) is 0. The van der Waals surface area contributed by atoms with Crippen molar-refractivity contribution in [2.75, 3.05) is 18.4 Å². The van der Waals surface area contributed by atoms with Gasteiger partial charge in [-0.05, 0) is 36.4 Å². The summed E-state index contributed by atoms with van der Waals surface area (Å²) in [4.78, 5) is 12.3. The van der Waals surface area contributed by atoms with Crippen LogP contribution in [0.15, 0.2) is 47.4 Å². The van der Waals surface area contributed by atoms with E-state index >= 15 is 0 Å². The Hall–Kier alpha value is -1.96. The monoisotopic (exact) mass is 384 g/mol. The summed E-state index contributed by atoms with van der Waals surface area (Å²) < 4.78 is 40.1. The predicted octanol–water partition coefficient (Wildman–Crippen LogP) is 3.76. The van der Waals surface area contributed by atoms with Gasteiger partial charge in [0.25, 0.3) is 5.91 Å². The van der Waals surface area contributed by atoms with E-state index in [4.69, 9.17) is 11.6 Å². The van der Waals surface area contributed by atoms with E-state index in [9.17, 15) is 17.6 Å². The van der Waals surface area contributed by atoms with Crippen molar-refractivity contribution < 1.29 is 17.6 Å². The lowest BCUT2D eigenvalue weighted by atomic mass is 10.2. The van der Waals surface area contributed by atoms with Crippen LogP contribution in [0.25, 0.3) is 0 Å². The number of hydrogen-bond acceptors (Lipinski definition) is 3. The van der Waals surface area contributed by atoms with Gasteiger partial charge < -0.3 is 5.32 Å². The van der Waals surface area contributed by atoms with Gasteiger partial charge in [-0.1, -0.05) is 31.5 Å². The summed E-state index contributed by atoms with van der Waals surface area (Å²) >= 11 is 5.80. The lowest BCUT2D eigenvalue weighted by molar-refractivity contribution is 0.102. The van der Waals surface area contributed by atoms with Crippen molar-refractivity contribution in [1.29, 1.82) is 0 Å². The number of nitrogens with zero attached hydrogens (tertiary/aromatic N) is 1. The number of amides is 1. The number of sulfonamides is 1. The molecule has 1 N–H and O–H groups in total. The van der Waals surface area contributed by atoms with Crippen LogP contribution in [0, 0.1) is 5.82 Å². The molecule has 0 spiro atoms. The van der Waals surface area contributed by atoms with Crippen molar-refractivity contribution in [3.05, 3.63) is 58.9 Å². The number of nitrogens with one attached hydrogen (secondary N) is 1. The Morgan fingerprint density at radius 1 is 1.16 bits per heavy atom. The van der Waals surface area contributed by atoms with Gasteiger partial charge in [0.1, 0.15) is 5.82 Å². The Morgan fingerprint density at radius 2 is 1.84 bits per heavy atom. The molecule has 0 atom stereocenters. The molecule has 0 aliphatic heterocycles. The van der Waals surface area contributed by atoms with Gasteiger partial charge in [-0.15, -0.1) is 0 Å². The first-order valence-electron chi connectivity index (χ1n) is 7.66. The third-order valence-electron chi connectivity index (χ3n) is 3.62. The van der Waals surface area contributed by atoms with Gasteiger partial charge in [0.2, 0.25) is 10.0 Å². The van der Waals surface area contributed by atoms with Crippen LogP contribution in [0.3, 0.4) is 0 Å². The molecular weight excluding hydrogens is 367 g/mol. The van der Waals surface area contributed by atoms with Gasteiger partial charge in [-0.25, -0.2) is 12.8 Å². The zero-order valence-electron chi connectivity index (χ0n) is 13.8. The summed E-state index contributed by atoms with van der Waals surface area (Å²) in [5.74, 6) is -1.26. The second-order valence-electron chi connectivity index (χ2n) is 5.20. The summed E-state index contributed by atoms with van der Waals surface area (Å²) in [6, 6.07) is 9.41. The summed E-state index contributed by atoms with van der Waals surface area (Å²) in [5.41, 5.74) is 0.0297. The molecule has 134 valence electrons. The van der Waals surface area contributed by atoms with Gasteiger partial charge in [-0.3, -0.25) is 4.79 Å². The second-order valence-corrected chi connectivity index (χ2v) is 7.57. The number of carbonyl (C=O) groups is 1. The van der Waals surface area contributed by atoms with Crippen molar-refractivity contribution in [2.45, 2.75) is 18.7 Å². The van der Waals surface area contributed by atoms with E-state index in [1.54, 1.807) is 13.8 Å². The number of halogens is 2. The first-order chi connectivity index (χ1) is 11.8. The van der Waals surface area contributed by atoms with Gasteiger partial charge in [0.15, 0.2) is 0 Å². The molecule has 0 heterocycles. The van der Waals surface area contributed by atoms with Gasteiger partial charge >= 0.3 is 0 Å². The molecule has 0 unspecified atom stereocenters. The molecule has 2 aromatic rings. The molecule has 0 saturated carbocycles. The average Bonchev–Trinajstić information content (AvgIpc) is 2.59. The van der Waals surface area contributed by atoms with Crippen LogP contribution in [0.4, 0.5) is 10.1 Å². The van der Waals surface area contributed by atoms with E-state index < -0.39 is 21.7 Å². The van der Waals surface area contributed by atoms with Crippen LogP contribution in [-0.2, 0) is 10.0 Å². The fourth-order valence-electron chi connectivity index (χ4n) is 2.30. The minimum atomic E-state index is -3.69. The Balaban J connectivity index is 2.32. The highest BCUT2D eigenvalue weighted by atomic mass is 35.5. The Kier molecular flexibility index (Phi) is 6.16. The SMILES string of the molecule is CCN(CC)S(=O)(=O)c1cccc(C(=O)Nc2cc(Cl)ccc2F)c1. The second kappa shape index (κ2) is 7.95. The first kappa shape index (κ1) is 19.4. The first-order valence-corrected chi connectivity index (χ1v) is 9.48. The quantitative estimate of drug-likeness (QED) is 0.824. The van der Waals surface area contributed by atoms with Crippen LogP contribution in [0.5, 0.6) is 0 Å². The van der Waals surface area contributed by atoms with Crippen LogP contribution in [0.2, 0.25) is 5.02 Å². The molecule has 0 fully saturated rings. The highest BCUT2D eigenvalue weighted by Crippen LogP contribution is 2.21. The maximum absolute atomic E-state index is 13.7. The fraction of sp³-hybridized carbons (Fsp3) is 0.235. The summed E-state index contributed by atoms with van der Waals surface area (Å²) in [6.45, 7) is 4.12. The Labute approximate surface area is 151 Å². The minimum Gasteiger partial charge on any atom is -0.319 e. The van der Waals surface area contributed by atoms with Crippen molar-refractivity contribution in [1.82, 2.24) is 4.31 Å². The molecule has 0 aromatic heterocycles. The maximum Gasteiger partial charge on any atom is 0.255 e. The highest BCUT2D eigenvalue weighted by Gasteiger charge is 2.22. The van der Waals surface area contributed by atoms with Crippen molar-refractivity contribution in [3.8, 4) is 0 Å². The molecule has 0 bridgehead atoms. The molecule has 0 aliphatic rings. The zero-order valence-corrected chi connectivity index (χ0v) is 15.4. The van der Waals surface area contributed by atoms with E-state index in [0.717, 1.165) is 6.07 Å². The van der Waals surface area contributed by atoms with Gasteiger partial charge in [0.05, 0.1) is 10.6 Å². The van der Waals surface area contributed by atoms with Crippen LogP contribution < -0.4 is 5.32 Å². The fourth-order valence-corrected chi connectivity index (χ4v) is 3.97. The van der Waals surface area contributed by atoms with Gasteiger partial charge in [0, 0.05) is 23.7 Å². The average molecular weight is 385 g/mol. The molecule has 2 aromatic carbocycles. The van der Waals surface area contributed by atoms with Crippen LogP contribution in [0.1, 0.15) is 24.2 Å². The third kappa shape index (κ3) is 4.36. The number of hydrogen-bond donors (Lipinski definition) is 1. The van der Waals surface area contributed by atoms with E-state index in [-0.39, 0.29) is 21.2 Å². The molecule has 0 aliphatic carbocycles. The highest BCUT2D eigenvalue weighted by molar-refractivity contribution is 7.89. The smallest absolute Gasteiger partial charge is 0.255 e. The molecule has 0 radical (unpaired) electrons. The molecule has 8 heteroatoms. The molecule has 2 rings (SSSR count). The number of rotatable bonds is 6. The molecule has 25 heavy (non-hydrogen) atoms. The minimum absolute atomic E-state index is 0.00964. The normalized spacial score (nSPS) is 11.6. The summed E-state index contributed by atoms with van der Waals surface area (Å²) in [5, 5.41) is 2.67. The Bertz CT molecular complexity index is 883. The van der Waals surface area contributed by atoms with Crippen molar-refractivity contribution in [3.63, 3.8) is 0 Å². The molecule has 0 saturated heterocycles. The van der Waals surface area contributed by atoms with Crippen LogP contribution >= 0.6 is 11.6 Å².